The molecule has 10 heavy (non-hydrogen) atoms. The number of cyclic esters (lactones) is 2. The molecule has 1 N–H and O–H groups in total. The second-order valence-corrected chi connectivity index (χ2v) is 1.83. The number of carbonyl (C=O) groups is 3. The molecule has 1 aliphatic heterocycles. The number of ether oxygens (including phenoxy) is 1. The lowest BCUT2D eigenvalue weighted by molar-refractivity contribution is -0.152. The van der Waals surface area contributed by atoms with Crippen molar-refractivity contribution in [1.82, 2.24) is 5.32 Å². The molecular formula is C5H5NO4. The summed E-state index contributed by atoms with van der Waals surface area (Å²) in [5.74, 6) is -1.28. The summed E-state index contributed by atoms with van der Waals surface area (Å²) in [5.41, 5.74) is 0. The largest absolute Gasteiger partial charge is 0.392 e. The summed E-state index contributed by atoms with van der Waals surface area (Å²) in [7, 11) is 0. The summed E-state index contributed by atoms with van der Waals surface area (Å²) in [6.07, 6.45) is 0.308. The second kappa shape index (κ2) is 2.47. The first kappa shape index (κ1) is 6.73. The van der Waals surface area contributed by atoms with Crippen molar-refractivity contribution in [2.45, 2.75) is 12.5 Å². The standard InChI is InChI=1S/C5H5NO4/c7-2-6-3-1-4(8)10-5(3)9/h2-3H,1H2,(H,6,7). The Bertz CT molecular complexity index is 188. The van der Waals surface area contributed by atoms with E-state index >= 15 is 0 Å². The highest BCUT2D eigenvalue weighted by atomic mass is 16.6. The molecule has 0 aromatic heterocycles. The van der Waals surface area contributed by atoms with Crippen molar-refractivity contribution in [3.8, 4) is 0 Å². The summed E-state index contributed by atoms with van der Waals surface area (Å²) >= 11 is 0. The van der Waals surface area contributed by atoms with E-state index in [0.717, 1.165) is 0 Å². The average Bonchev–Trinajstić information content (AvgIpc) is 2.13. The Kier molecular flexibility index (Phi) is 1.66. The van der Waals surface area contributed by atoms with Crippen LogP contribution in [-0.2, 0) is 19.1 Å². The van der Waals surface area contributed by atoms with Crippen molar-refractivity contribution in [1.29, 1.82) is 0 Å². The van der Waals surface area contributed by atoms with Crippen molar-refractivity contribution in [3.05, 3.63) is 0 Å². The fraction of sp³-hybridized carbons (Fsp3) is 0.400. The summed E-state index contributed by atoms with van der Waals surface area (Å²) < 4.78 is 4.13. The summed E-state index contributed by atoms with van der Waals surface area (Å²) in [6, 6.07) is -0.773. The predicted octanol–water partition coefficient (Wildman–Crippen LogP) is -1.43. The molecule has 0 radical (unpaired) electrons. The van der Waals surface area contributed by atoms with Crippen LogP contribution in [-0.4, -0.2) is 24.4 Å². The molecule has 0 spiro atoms. The number of esters is 2. The lowest BCUT2D eigenvalue weighted by atomic mass is 10.2. The zero-order valence-electron chi connectivity index (χ0n) is 4.99. The van der Waals surface area contributed by atoms with Gasteiger partial charge in [-0.15, -0.1) is 0 Å². The van der Waals surface area contributed by atoms with Gasteiger partial charge in [0.15, 0.2) is 0 Å². The minimum absolute atomic E-state index is 0.0580. The number of rotatable bonds is 2. The molecule has 1 rings (SSSR count). The summed E-state index contributed by atoms with van der Waals surface area (Å²) in [6.45, 7) is 0. The molecule has 1 heterocycles. The molecule has 1 aliphatic rings. The van der Waals surface area contributed by atoms with Gasteiger partial charge in [-0.1, -0.05) is 0 Å². The minimum Gasteiger partial charge on any atom is -0.392 e. The SMILES string of the molecule is O=CNC1CC(=O)OC1=O. The van der Waals surface area contributed by atoms with E-state index in [2.05, 4.69) is 10.1 Å². The van der Waals surface area contributed by atoms with E-state index in [0.29, 0.717) is 6.41 Å². The van der Waals surface area contributed by atoms with E-state index in [-0.39, 0.29) is 6.42 Å². The first-order valence-corrected chi connectivity index (χ1v) is 2.68. The van der Waals surface area contributed by atoms with Gasteiger partial charge in [0.1, 0.15) is 6.04 Å². The van der Waals surface area contributed by atoms with Crippen LogP contribution < -0.4 is 5.32 Å². The number of nitrogens with one attached hydrogen (secondary N) is 1. The van der Waals surface area contributed by atoms with Gasteiger partial charge in [-0.3, -0.25) is 9.59 Å². The van der Waals surface area contributed by atoms with Gasteiger partial charge in [0.05, 0.1) is 6.42 Å². The van der Waals surface area contributed by atoms with Crippen LogP contribution in [0, 0.1) is 0 Å². The van der Waals surface area contributed by atoms with Gasteiger partial charge in [0.2, 0.25) is 6.41 Å². The van der Waals surface area contributed by atoms with Gasteiger partial charge >= 0.3 is 11.9 Å². The van der Waals surface area contributed by atoms with Crippen LogP contribution in [0.4, 0.5) is 0 Å². The lowest BCUT2D eigenvalue weighted by Crippen LogP contribution is -2.31. The molecule has 5 nitrogen and oxygen atoms in total. The lowest BCUT2D eigenvalue weighted by Gasteiger charge is -1.98. The minimum atomic E-state index is -0.773. The third kappa shape index (κ3) is 1.12. The molecule has 1 amide bonds. The molecule has 0 aromatic rings. The third-order valence-corrected chi connectivity index (χ3v) is 1.14. The van der Waals surface area contributed by atoms with Crippen LogP contribution in [0.25, 0.3) is 0 Å². The monoisotopic (exact) mass is 143 g/mol. The quantitative estimate of drug-likeness (QED) is 0.292. The van der Waals surface area contributed by atoms with Crippen LogP contribution in [0.1, 0.15) is 6.42 Å². The van der Waals surface area contributed by atoms with Gasteiger partial charge in [0.25, 0.3) is 0 Å². The number of hydrogen-bond acceptors (Lipinski definition) is 4. The Morgan fingerprint density at radius 1 is 1.60 bits per heavy atom. The third-order valence-electron chi connectivity index (χ3n) is 1.14. The maximum atomic E-state index is 10.5. The molecule has 0 aromatic carbocycles. The highest BCUT2D eigenvalue weighted by Crippen LogP contribution is 2.06. The fourth-order valence-corrected chi connectivity index (χ4v) is 0.684. The number of carbonyl (C=O) groups excluding carboxylic acids is 3. The Morgan fingerprint density at radius 2 is 2.30 bits per heavy atom. The first-order valence-electron chi connectivity index (χ1n) is 2.68. The Morgan fingerprint density at radius 3 is 2.70 bits per heavy atom. The van der Waals surface area contributed by atoms with Crippen molar-refractivity contribution < 1.29 is 19.1 Å². The van der Waals surface area contributed by atoms with Gasteiger partial charge in [-0.05, 0) is 0 Å². The Balaban J connectivity index is 2.54. The van der Waals surface area contributed by atoms with E-state index in [1.54, 1.807) is 0 Å². The van der Waals surface area contributed by atoms with E-state index in [4.69, 9.17) is 0 Å². The van der Waals surface area contributed by atoms with Crippen LogP contribution >= 0.6 is 0 Å². The van der Waals surface area contributed by atoms with Gasteiger partial charge < -0.3 is 10.1 Å². The first-order chi connectivity index (χ1) is 4.74. The van der Waals surface area contributed by atoms with E-state index in [9.17, 15) is 14.4 Å². The molecule has 1 unspecified atom stereocenters. The zero-order chi connectivity index (χ0) is 7.56. The fourth-order valence-electron chi connectivity index (χ4n) is 0.684. The molecule has 5 heteroatoms. The van der Waals surface area contributed by atoms with Crippen molar-refractivity contribution in [2.24, 2.45) is 0 Å². The van der Waals surface area contributed by atoms with Crippen molar-refractivity contribution in [3.63, 3.8) is 0 Å². The zero-order valence-corrected chi connectivity index (χ0v) is 4.99. The molecule has 1 fully saturated rings. The Labute approximate surface area is 56.3 Å². The highest BCUT2D eigenvalue weighted by molar-refractivity contribution is 5.97. The van der Waals surface area contributed by atoms with E-state index < -0.39 is 18.0 Å². The highest BCUT2D eigenvalue weighted by Gasteiger charge is 2.32. The maximum Gasteiger partial charge on any atom is 0.336 e. The number of amides is 1. The number of hydrogen-bond donors (Lipinski definition) is 1. The Hall–Kier alpha value is -1.39. The average molecular weight is 143 g/mol. The smallest absolute Gasteiger partial charge is 0.336 e. The normalized spacial score (nSPS) is 24.2. The van der Waals surface area contributed by atoms with E-state index in [1.807, 2.05) is 0 Å². The second-order valence-electron chi connectivity index (χ2n) is 1.83. The van der Waals surface area contributed by atoms with Crippen LogP contribution in [0.3, 0.4) is 0 Å². The van der Waals surface area contributed by atoms with E-state index in [1.165, 1.54) is 0 Å². The molecule has 0 aliphatic carbocycles. The van der Waals surface area contributed by atoms with Crippen molar-refractivity contribution >= 4 is 18.3 Å². The van der Waals surface area contributed by atoms with Crippen LogP contribution in [0.5, 0.6) is 0 Å². The van der Waals surface area contributed by atoms with Crippen molar-refractivity contribution in [2.75, 3.05) is 0 Å². The maximum absolute atomic E-state index is 10.5. The molecule has 0 bridgehead atoms. The molecule has 1 saturated heterocycles. The topological polar surface area (TPSA) is 72.5 Å². The van der Waals surface area contributed by atoms with Crippen LogP contribution in [0.2, 0.25) is 0 Å². The summed E-state index contributed by atoms with van der Waals surface area (Å²) in [5, 5.41) is 2.15. The molecule has 54 valence electrons. The van der Waals surface area contributed by atoms with Crippen LogP contribution in [0.15, 0.2) is 0 Å². The van der Waals surface area contributed by atoms with Gasteiger partial charge in [-0.25, -0.2) is 4.79 Å². The van der Waals surface area contributed by atoms with Gasteiger partial charge in [0, 0.05) is 0 Å². The van der Waals surface area contributed by atoms with Gasteiger partial charge in [-0.2, -0.15) is 0 Å². The predicted molar refractivity (Wildman–Crippen MR) is 28.7 cm³/mol. The molecule has 1 atom stereocenters. The summed E-state index contributed by atoms with van der Waals surface area (Å²) in [4.78, 5) is 30.6. The molecular weight excluding hydrogens is 138 g/mol. The molecule has 0 saturated carbocycles.